The number of hydrogen-bond acceptors (Lipinski definition) is 6. The summed E-state index contributed by atoms with van der Waals surface area (Å²) in [7, 11) is 1.60. The van der Waals surface area contributed by atoms with Gasteiger partial charge in [0.1, 0.15) is 12.2 Å². The van der Waals surface area contributed by atoms with Crippen LogP contribution in [0.15, 0.2) is 71.9 Å². The third-order valence-corrected chi connectivity index (χ3v) is 6.82. The number of rotatable bonds is 5. The van der Waals surface area contributed by atoms with Gasteiger partial charge in [0, 0.05) is 46.7 Å². The minimum Gasteiger partial charge on any atom is -0.355 e. The minimum atomic E-state index is -0.200. The number of hydrogen-bond donors (Lipinski definition) is 2. The average molecular weight is 513 g/mol. The van der Waals surface area contributed by atoms with E-state index in [4.69, 9.17) is 16.6 Å². The van der Waals surface area contributed by atoms with Crippen LogP contribution in [0.5, 0.6) is 0 Å². The van der Waals surface area contributed by atoms with Gasteiger partial charge >= 0.3 is 0 Å². The minimum absolute atomic E-state index is 0.120. The SMILES string of the molecule is CNC(=O)c1ccc(-c2c[nH]c(C3CCc4cc(-c5cc(Cl)ccc5-n5cnnn5)cc(=O)n43)n2)cc1. The summed E-state index contributed by atoms with van der Waals surface area (Å²) >= 11 is 6.30. The third-order valence-electron chi connectivity index (χ3n) is 6.58. The summed E-state index contributed by atoms with van der Waals surface area (Å²) in [5.74, 6) is 0.578. The second kappa shape index (κ2) is 9.14. The van der Waals surface area contributed by atoms with Crippen molar-refractivity contribution >= 4 is 17.5 Å². The first kappa shape index (κ1) is 22.9. The fourth-order valence-electron chi connectivity index (χ4n) is 4.81. The largest absolute Gasteiger partial charge is 0.355 e. The lowest BCUT2D eigenvalue weighted by atomic mass is 10.0. The molecule has 2 aromatic carbocycles. The third kappa shape index (κ3) is 4.11. The molecule has 11 heteroatoms. The zero-order chi connectivity index (χ0) is 25.5. The van der Waals surface area contributed by atoms with Gasteiger partial charge in [-0.3, -0.25) is 9.59 Å². The lowest BCUT2D eigenvalue weighted by Crippen LogP contribution is -2.23. The van der Waals surface area contributed by atoms with E-state index in [1.165, 1.54) is 6.33 Å². The topological polar surface area (TPSA) is 123 Å². The monoisotopic (exact) mass is 512 g/mol. The van der Waals surface area contributed by atoms with Gasteiger partial charge in [-0.05, 0) is 65.2 Å². The van der Waals surface area contributed by atoms with Crippen molar-refractivity contribution < 1.29 is 4.79 Å². The van der Waals surface area contributed by atoms with Crippen molar-refractivity contribution in [2.75, 3.05) is 7.05 Å². The molecule has 0 aliphatic carbocycles. The molecule has 0 radical (unpaired) electrons. The highest BCUT2D eigenvalue weighted by molar-refractivity contribution is 6.31. The standard InChI is InChI=1S/C26H21ClN8O2/c1-28-26(37)16-4-2-15(3-5-16)21-13-29-25(31-21)23-9-7-19-10-17(11-24(36)35(19)23)20-12-18(27)6-8-22(20)34-14-30-32-33-34/h2-6,8,10-14,23H,7,9H2,1H3,(H,28,37)(H,29,31). The van der Waals surface area contributed by atoms with Crippen LogP contribution in [0.25, 0.3) is 28.1 Å². The molecule has 1 aliphatic heterocycles. The maximum atomic E-state index is 13.4. The van der Waals surface area contributed by atoms with Gasteiger partial charge in [-0.1, -0.05) is 23.7 Å². The zero-order valence-corrected chi connectivity index (χ0v) is 20.5. The number of aromatic amines is 1. The van der Waals surface area contributed by atoms with Crippen molar-refractivity contribution in [1.82, 2.24) is 40.1 Å². The lowest BCUT2D eigenvalue weighted by molar-refractivity contribution is 0.0963. The van der Waals surface area contributed by atoms with E-state index in [1.807, 2.05) is 36.5 Å². The second-order valence-electron chi connectivity index (χ2n) is 8.74. The Labute approximate surface area is 215 Å². The van der Waals surface area contributed by atoms with Gasteiger partial charge < -0.3 is 14.9 Å². The van der Waals surface area contributed by atoms with Crippen LogP contribution in [0, 0.1) is 0 Å². The number of carbonyl (C=O) groups excluding carboxylic acids is 1. The van der Waals surface area contributed by atoms with Crippen LogP contribution >= 0.6 is 11.6 Å². The van der Waals surface area contributed by atoms with Gasteiger partial charge in [0.25, 0.3) is 11.5 Å². The normalized spacial score (nSPS) is 14.5. The van der Waals surface area contributed by atoms with E-state index in [1.54, 1.807) is 40.6 Å². The van der Waals surface area contributed by atoms with Gasteiger partial charge in [-0.25, -0.2) is 4.98 Å². The van der Waals surface area contributed by atoms with Gasteiger partial charge in [-0.2, -0.15) is 4.68 Å². The van der Waals surface area contributed by atoms with Crippen molar-refractivity contribution in [3.05, 3.63) is 99.6 Å². The van der Waals surface area contributed by atoms with Gasteiger partial charge in [-0.15, -0.1) is 5.10 Å². The van der Waals surface area contributed by atoms with E-state index < -0.39 is 0 Å². The molecule has 184 valence electrons. The maximum absolute atomic E-state index is 13.4. The number of H-pyrrole nitrogens is 1. The number of aryl methyl sites for hydroxylation is 1. The zero-order valence-electron chi connectivity index (χ0n) is 19.7. The molecule has 0 saturated heterocycles. The van der Waals surface area contributed by atoms with E-state index in [2.05, 4.69) is 25.8 Å². The summed E-state index contributed by atoms with van der Waals surface area (Å²) in [6.45, 7) is 0. The average Bonchev–Trinajstić information content (AvgIpc) is 3.69. The molecule has 3 aromatic heterocycles. The van der Waals surface area contributed by atoms with Crippen molar-refractivity contribution in [3.63, 3.8) is 0 Å². The van der Waals surface area contributed by atoms with Gasteiger partial charge in [0.15, 0.2) is 0 Å². The Morgan fingerprint density at radius 2 is 1.95 bits per heavy atom. The number of carbonyl (C=O) groups is 1. The molecule has 1 aliphatic rings. The molecule has 5 aromatic rings. The second-order valence-corrected chi connectivity index (χ2v) is 9.18. The van der Waals surface area contributed by atoms with Crippen molar-refractivity contribution in [2.45, 2.75) is 18.9 Å². The van der Waals surface area contributed by atoms with Gasteiger partial charge in [0.2, 0.25) is 0 Å². The van der Waals surface area contributed by atoms with E-state index in [-0.39, 0.29) is 17.5 Å². The molecule has 10 nitrogen and oxygen atoms in total. The molecule has 0 saturated carbocycles. The molecule has 37 heavy (non-hydrogen) atoms. The van der Waals surface area contributed by atoms with Crippen molar-refractivity contribution in [2.24, 2.45) is 0 Å². The van der Waals surface area contributed by atoms with Crippen LogP contribution in [0.4, 0.5) is 0 Å². The summed E-state index contributed by atoms with van der Waals surface area (Å²) < 4.78 is 3.34. The predicted molar refractivity (Wildman–Crippen MR) is 138 cm³/mol. The maximum Gasteiger partial charge on any atom is 0.252 e. The first-order valence-electron chi connectivity index (χ1n) is 11.7. The van der Waals surface area contributed by atoms with Crippen molar-refractivity contribution in [1.29, 1.82) is 0 Å². The molecule has 1 atom stereocenters. The number of halogens is 1. The Hall–Kier alpha value is -4.57. The lowest BCUT2D eigenvalue weighted by Gasteiger charge is -2.15. The van der Waals surface area contributed by atoms with E-state index in [0.717, 1.165) is 52.4 Å². The molecule has 0 spiro atoms. The predicted octanol–water partition coefficient (Wildman–Crippen LogP) is 3.43. The molecule has 1 unspecified atom stereocenters. The van der Waals surface area contributed by atoms with Crippen LogP contribution in [-0.4, -0.2) is 47.7 Å². The van der Waals surface area contributed by atoms with E-state index in [0.29, 0.717) is 10.6 Å². The Morgan fingerprint density at radius 1 is 1.11 bits per heavy atom. The number of pyridine rings is 1. The molecule has 2 N–H and O–H groups in total. The van der Waals surface area contributed by atoms with Gasteiger partial charge in [0.05, 0.1) is 17.4 Å². The summed E-state index contributed by atoms with van der Waals surface area (Å²) in [6, 6.07) is 16.1. The Balaban J connectivity index is 1.33. The number of nitrogens with one attached hydrogen (secondary N) is 2. The smallest absolute Gasteiger partial charge is 0.252 e. The molecule has 4 heterocycles. The number of nitrogens with zero attached hydrogens (tertiary/aromatic N) is 6. The summed E-state index contributed by atoms with van der Waals surface area (Å²) in [5, 5.41) is 14.6. The van der Waals surface area contributed by atoms with Crippen LogP contribution in [0.3, 0.4) is 0 Å². The highest BCUT2D eigenvalue weighted by Gasteiger charge is 2.28. The van der Waals surface area contributed by atoms with Crippen LogP contribution in [-0.2, 0) is 6.42 Å². The highest BCUT2D eigenvalue weighted by atomic mass is 35.5. The number of fused-ring (bicyclic) bond motifs is 1. The van der Waals surface area contributed by atoms with E-state index >= 15 is 0 Å². The molecule has 0 fully saturated rings. The summed E-state index contributed by atoms with van der Waals surface area (Å²) in [4.78, 5) is 33.2. The molecular weight excluding hydrogens is 492 g/mol. The summed E-state index contributed by atoms with van der Waals surface area (Å²) in [5.41, 5.74) is 5.26. The Kier molecular flexibility index (Phi) is 5.65. The van der Waals surface area contributed by atoms with Crippen LogP contribution in [0.1, 0.15) is 34.3 Å². The highest BCUT2D eigenvalue weighted by Crippen LogP contribution is 2.34. The fourth-order valence-corrected chi connectivity index (χ4v) is 4.98. The molecule has 0 bridgehead atoms. The fraction of sp³-hybridized carbons (Fsp3) is 0.154. The van der Waals surface area contributed by atoms with Crippen molar-refractivity contribution in [3.8, 4) is 28.1 Å². The number of tetrazole rings is 1. The van der Waals surface area contributed by atoms with Crippen LogP contribution in [0.2, 0.25) is 5.02 Å². The number of amides is 1. The number of imidazole rings is 1. The first-order chi connectivity index (χ1) is 18.0. The Morgan fingerprint density at radius 3 is 2.70 bits per heavy atom. The Bertz CT molecular complexity index is 1670. The number of benzene rings is 2. The number of aromatic nitrogens is 7. The molecule has 6 rings (SSSR count). The summed E-state index contributed by atoms with van der Waals surface area (Å²) in [6.07, 6.45) is 4.80. The molecule has 1 amide bonds. The van der Waals surface area contributed by atoms with E-state index in [9.17, 15) is 9.59 Å². The van der Waals surface area contributed by atoms with Crippen LogP contribution < -0.4 is 10.9 Å². The first-order valence-corrected chi connectivity index (χ1v) is 12.1. The quantitative estimate of drug-likeness (QED) is 0.372. The molecular formula is C26H21ClN8O2.